The van der Waals surface area contributed by atoms with Gasteiger partial charge in [0.25, 0.3) is 0 Å². The molecule has 1 aromatic heterocycles. The fraction of sp³-hybridized carbons (Fsp3) is 0.412. The van der Waals surface area contributed by atoms with E-state index in [1.807, 2.05) is 12.4 Å². The van der Waals surface area contributed by atoms with Gasteiger partial charge < -0.3 is 15.4 Å². The van der Waals surface area contributed by atoms with E-state index in [1.54, 1.807) is 0 Å². The van der Waals surface area contributed by atoms with Crippen LogP contribution in [0.5, 0.6) is 0 Å². The first-order valence-corrected chi connectivity index (χ1v) is 7.76. The Balaban J connectivity index is 1.58. The number of ether oxygens (including phenoxy) is 1. The van der Waals surface area contributed by atoms with Crippen LogP contribution in [-0.4, -0.2) is 36.3 Å². The molecule has 1 aliphatic heterocycles. The lowest BCUT2D eigenvalue weighted by Crippen LogP contribution is -2.37. The highest BCUT2D eigenvalue weighted by Crippen LogP contribution is 2.12. The Morgan fingerprint density at radius 1 is 1.00 bits per heavy atom. The molecule has 2 N–H and O–H groups in total. The zero-order chi connectivity index (χ0) is 15.2. The van der Waals surface area contributed by atoms with Crippen molar-refractivity contribution in [3.63, 3.8) is 0 Å². The Morgan fingerprint density at radius 3 is 2.41 bits per heavy atom. The number of nitrogens with zero attached hydrogens (tertiary/aromatic N) is 3. The van der Waals surface area contributed by atoms with Crippen LogP contribution in [0.25, 0.3) is 0 Å². The van der Waals surface area contributed by atoms with Crippen LogP contribution in [-0.2, 0) is 24.1 Å². The molecule has 0 bridgehead atoms. The fourth-order valence-corrected chi connectivity index (χ4v) is 2.60. The van der Waals surface area contributed by atoms with Crippen LogP contribution in [0.15, 0.2) is 36.7 Å². The molecule has 22 heavy (non-hydrogen) atoms. The molecule has 1 aliphatic rings. The lowest BCUT2D eigenvalue weighted by atomic mass is 10.0. The molecule has 5 heteroatoms. The summed E-state index contributed by atoms with van der Waals surface area (Å²) in [5.74, 6) is 0.803. The second-order valence-corrected chi connectivity index (χ2v) is 5.51. The maximum Gasteiger partial charge on any atom is 0.225 e. The van der Waals surface area contributed by atoms with Crippen LogP contribution in [0.3, 0.4) is 0 Å². The van der Waals surface area contributed by atoms with E-state index in [0.717, 1.165) is 50.7 Å². The average Bonchev–Trinajstić information content (AvgIpc) is 2.61. The van der Waals surface area contributed by atoms with Gasteiger partial charge in [0.1, 0.15) is 0 Å². The molecule has 2 aromatic rings. The van der Waals surface area contributed by atoms with Gasteiger partial charge in [0.15, 0.2) is 0 Å². The summed E-state index contributed by atoms with van der Waals surface area (Å²) < 4.78 is 5.35. The van der Waals surface area contributed by atoms with E-state index in [0.29, 0.717) is 6.54 Å². The number of hydrogen-bond donors (Lipinski definition) is 1. The molecule has 5 nitrogen and oxygen atoms in total. The predicted octanol–water partition coefficient (Wildman–Crippen LogP) is 1.56. The van der Waals surface area contributed by atoms with E-state index in [2.05, 4.69) is 39.1 Å². The Labute approximate surface area is 131 Å². The highest BCUT2D eigenvalue weighted by molar-refractivity contribution is 5.31. The highest BCUT2D eigenvalue weighted by atomic mass is 16.5. The van der Waals surface area contributed by atoms with Crippen LogP contribution in [0, 0.1) is 0 Å². The molecule has 0 saturated carbocycles. The minimum absolute atomic E-state index is 0.588. The van der Waals surface area contributed by atoms with Gasteiger partial charge in [0, 0.05) is 32.0 Å². The Hall–Kier alpha value is -1.98. The number of benzene rings is 1. The van der Waals surface area contributed by atoms with E-state index in [4.69, 9.17) is 10.5 Å². The molecule has 0 radical (unpaired) electrons. The number of nitrogens with two attached hydrogens (primary N) is 1. The number of rotatable bonds is 5. The van der Waals surface area contributed by atoms with Gasteiger partial charge in [0.05, 0.1) is 13.2 Å². The highest BCUT2D eigenvalue weighted by Gasteiger charge is 2.13. The lowest BCUT2D eigenvalue weighted by Gasteiger charge is -2.26. The summed E-state index contributed by atoms with van der Waals surface area (Å²) in [6, 6.07) is 8.43. The largest absolute Gasteiger partial charge is 0.378 e. The summed E-state index contributed by atoms with van der Waals surface area (Å²) in [6.45, 7) is 3.83. The normalized spacial score (nSPS) is 15.0. The lowest BCUT2D eigenvalue weighted by molar-refractivity contribution is 0.122. The van der Waals surface area contributed by atoms with Gasteiger partial charge >= 0.3 is 0 Å². The van der Waals surface area contributed by atoms with Crippen LogP contribution in [0.4, 0.5) is 5.95 Å². The van der Waals surface area contributed by atoms with Gasteiger partial charge in [-0.3, -0.25) is 0 Å². The third-order valence-corrected chi connectivity index (χ3v) is 3.92. The maximum atomic E-state index is 5.68. The average molecular weight is 298 g/mol. The summed E-state index contributed by atoms with van der Waals surface area (Å²) in [6.07, 6.45) is 5.79. The number of morpholine rings is 1. The molecule has 3 rings (SSSR count). The second-order valence-electron chi connectivity index (χ2n) is 5.51. The Kier molecular flexibility index (Phi) is 4.98. The van der Waals surface area contributed by atoms with E-state index < -0.39 is 0 Å². The smallest absolute Gasteiger partial charge is 0.225 e. The first-order chi connectivity index (χ1) is 10.8. The Morgan fingerprint density at radius 2 is 1.68 bits per heavy atom. The topological polar surface area (TPSA) is 64.3 Å². The van der Waals surface area contributed by atoms with Crippen molar-refractivity contribution in [2.75, 3.05) is 31.2 Å². The van der Waals surface area contributed by atoms with Crippen LogP contribution in [0.2, 0.25) is 0 Å². The first-order valence-electron chi connectivity index (χ1n) is 7.76. The third kappa shape index (κ3) is 3.81. The van der Waals surface area contributed by atoms with Gasteiger partial charge in [-0.25, -0.2) is 9.97 Å². The number of hydrogen-bond acceptors (Lipinski definition) is 5. The van der Waals surface area contributed by atoms with Crippen molar-refractivity contribution in [1.82, 2.24) is 9.97 Å². The minimum Gasteiger partial charge on any atom is -0.378 e. The zero-order valence-corrected chi connectivity index (χ0v) is 12.7. The van der Waals surface area contributed by atoms with Crippen molar-refractivity contribution in [3.05, 3.63) is 53.3 Å². The molecule has 1 aromatic carbocycles. The standard InChI is InChI=1S/C17H22N4O/c18-11-15-3-1-2-14(10-15)4-5-16-12-19-17(20-13-16)21-6-8-22-9-7-21/h1-3,10,12-13H,4-9,11,18H2. The summed E-state index contributed by atoms with van der Waals surface area (Å²) >= 11 is 0. The first kappa shape index (κ1) is 14.9. The molecule has 0 atom stereocenters. The van der Waals surface area contributed by atoms with Crippen molar-refractivity contribution in [1.29, 1.82) is 0 Å². The minimum atomic E-state index is 0.588. The van der Waals surface area contributed by atoms with Crippen molar-refractivity contribution in [2.24, 2.45) is 5.73 Å². The summed E-state index contributed by atoms with van der Waals surface area (Å²) in [7, 11) is 0. The number of aryl methyl sites for hydroxylation is 2. The second kappa shape index (κ2) is 7.33. The maximum absolute atomic E-state index is 5.68. The molecular weight excluding hydrogens is 276 g/mol. The van der Waals surface area contributed by atoms with Gasteiger partial charge in [-0.2, -0.15) is 0 Å². The molecule has 1 saturated heterocycles. The van der Waals surface area contributed by atoms with Gasteiger partial charge in [-0.1, -0.05) is 24.3 Å². The zero-order valence-electron chi connectivity index (χ0n) is 12.7. The van der Waals surface area contributed by atoms with Gasteiger partial charge in [0.2, 0.25) is 5.95 Å². The number of aromatic nitrogens is 2. The van der Waals surface area contributed by atoms with E-state index in [9.17, 15) is 0 Å². The third-order valence-electron chi connectivity index (χ3n) is 3.92. The van der Waals surface area contributed by atoms with E-state index in [1.165, 1.54) is 11.1 Å². The molecule has 1 fully saturated rings. The fourth-order valence-electron chi connectivity index (χ4n) is 2.60. The summed E-state index contributed by atoms with van der Waals surface area (Å²) in [5, 5.41) is 0. The predicted molar refractivity (Wildman–Crippen MR) is 86.8 cm³/mol. The number of anilines is 1. The molecule has 0 spiro atoms. The van der Waals surface area contributed by atoms with Gasteiger partial charge in [-0.05, 0) is 29.5 Å². The van der Waals surface area contributed by atoms with E-state index in [-0.39, 0.29) is 0 Å². The van der Waals surface area contributed by atoms with Gasteiger partial charge in [-0.15, -0.1) is 0 Å². The summed E-state index contributed by atoms with van der Waals surface area (Å²) in [5.41, 5.74) is 9.33. The quantitative estimate of drug-likeness (QED) is 0.907. The van der Waals surface area contributed by atoms with Crippen molar-refractivity contribution in [2.45, 2.75) is 19.4 Å². The van der Waals surface area contributed by atoms with Crippen molar-refractivity contribution >= 4 is 5.95 Å². The van der Waals surface area contributed by atoms with Crippen LogP contribution < -0.4 is 10.6 Å². The van der Waals surface area contributed by atoms with E-state index >= 15 is 0 Å². The summed E-state index contributed by atoms with van der Waals surface area (Å²) in [4.78, 5) is 11.1. The Bertz CT molecular complexity index is 594. The van der Waals surface area contributed by atoms with Crippen molar-refractivity contribution < 1.29 is 4.74 Å². The molecule has 0 aliphatic carbocycles. The molecule has 0 amide bonds. The molecule has 116 valence electrons. The SMILES string of the molecule is NCc1cccc(CCc2cnc(N3CCOCC3)nc2)c1. The van der Waals surface area contributed by atoms with Crippen LogP contribution in [0.1, 0.15) is 16.7 Å². The molecular formula is C17H22N4O. The molecule has 0 unspecified atom stereocenters. The monoisotopic (exact) mass is 298 g/mol. The molecule has 2 heterocycles. The van der Waals surface area contributed by atoms with Crippen LogP contribution >= 0.6 is 0 Å². The van der Waals surface area contributed by atoms with Crippen molar-refractivity contribution in [3.8, 4) is 0 Å².